The SMILES string of the molecule is Cc1ccccc1.Cl.Cl.Cl.[Hf][C]1=CC=CC1. The van der Waals surface area contributed by atoms with E-state index in [0.29, 0.717) is 0 Å². The summed E-state index contributed by atoms with van der Waals surface area (Å²) in [5.41, 5.74) is 1.32. The molecule has 1 aliphatic rings. The minimum atomic E-state index is 0. The van der Waals surface area contributed by atoms with Gasteiger partial charge in [-0.05, 0) is 6.92 Å². The molecule has 0 aromatic heterocycles. The molecule has 0 spiro atoms. The van der Waals surface area contributed by atoms with Crippen molar-refractivity contribution in [2.45, 2.75) is 13.3 Å². The number of hydrogen-bond donors (Lipinski definition) is 0. The first-order chi connectivity index (χ1) is 6.29. The second kappa shape index (κ2) is 13.5. The molecule has 0 atom stereocenters. The van der Waals surface area contributed by atoms with Crippen molar-refractivity contribution in [3.8, 4) is 0 Å². The van der Waals surface area contributed by atoms with Gasteiger partial charge in [-0.25, -0.2) is 0 Å². The average Bonchev–Trinajstić information content (AvgIpc) is 2.58. The molecule has 0 bridgehead atoms. The Morgan fingerprint density at radius 2 is 1.56 bits per heavy atom. The molecule has 0 amide bonds. The molecule has 0 saturated carbocycles. The first-order valence-corrected chi connectivity index (χ1v) is 6.17. The summed E-state index contributed by atoms with van der Waals surface area (Å²) in [6.07, 6.45) is 7.75. The number of rotatable bonds is 0. The predicted molar refractivity (Wildman–Crippen MR) is 74.8 cm³/mol. The van der Waals surface area contributed by atoms with E-state index in [9.17, 15) is 0 Å². The molecule has 0 aliphatic heterocycles. The molecule has 0 unspecified atom stereocenters. The molecule has 4 heteroatoms. The van der Waals surface area contributed by atoms with Crippen molar-refractivity contribution < 1.29 is 24.4 Å². The summed E-state index contributed by atoms with van der Waals surface area (Å²) in [7, 11) is 0. The Bertz CT molecular complexity index is 307. The Morgan fingerprint density at radius 3 is 1.75 bits per heavy atom. The van der Waals surface area contributed by atoms with E-state index in [1.165, 1.54) is 36.4 Å². The van der Waals surface area contributed by atoms with E-state index in [1.54, 1.807) is 3.33 Å². The van der Waals surface area contributed by atoms with Gasteiger partial charge < -0.3 is 0 Å². The van der Waals surface area contributed by atoms with Crippen molar-refractivity contribution in [1.29, 1.82) is 0 Å². The molecular formula is C12H16Cl3Hf. The van der Waals surface area contributed by atoms with Gasteiger partial charge in [0, 0.05) is 0 Å². The minimum absolute atomic E-state index is 0. The van der Waals surface area contributed by atoms with Gasteiger partial charge in [0.2, 0.25) is 0 Å². The third-order valence-corrected chi connectivity index (χ3v) is 3.04. The molecule has 1 aromatic carbocycles. The van der Waals surface area contributed by atoms with Gasteiger partial charge in [-0.2, -0.15) is 0 Å². The van der Waals surface area contributed by atoms with E-state index >= 15 is 0 Å². The van der Waals surface area contributed by atoms with Crippen LogP contribution in [-0.4, -0.2) is 0 Å². The van der Waals surface area contributed by atoms with Gasteiger partial charge in [-0.15, -0.1) is 37.2 Å². The van der Waals surface area contributed by atoms with Crippen LogP contribution in [0.2, 0.25) is 0 Å². The van der Waals surface area contributed by atoms with Crippen LogP contribution < -0.4 is 0 Å². The normalized spacial score (nSPS) is 10.6. The molecule has 0 N–H and O–H groups in total. The molecular weight excluding hydrogens is 429 g/mol. The standard InChI is InChI=1S/C7H8.C5H5.3ClH.Hf/c1-7-5-3-2-4-6-7;1-2-4-5-3-1;;;;/h2-6H,1H3;1-3H,4H2;3*1H;. The zero-order chi connectivity index (χ0) is 9.52. The van der Waals surface area contributed by atoms with E-state index in [0.717, 1.165) is 0 Å². The summed E-state index contributed by atoms with van der Waals surface area (Å²) in [6, 6.07) is 10.3. The van der Waals surface area contributed by atoms with E-state index in [1.807, 2.05) is 18.2 Å². The van der Waals surface area contributed by atoms with E-state index in [2.05, 4.69) is 37.3 Å². The molecule has 1 aromatic rings. The van der Waals surface area contributed by atoms with Gasteiger partial charge in [-0.1, -0.05) is 35.9 Å². The van der Waals surface area contributed by atoms with Crippen molar-refractivity contribution >= 4 is 37.2 Å². The fraction of sp³-hybridized carbons (Fsp3) is 0.167. The predicted octanol–water partition coefficient (Wildman–Crippen LogP) is 4.64. The number of benzene rings is 1. The monoisotopic (exact) mass is 445 g/mol. The zero-order valence-corrected chi connectivity index (χ0v) is 15.1. The van der Waals surface area contributed by atoms with Crippen molar-refractivity contribution in [2.75, 3.05) is 0 Å². The van der Waals surface area contributed by atoms with Gasteiger partial charge in [-0.3, -0.25) is 0 Å². The fourth-order valence-corrected chi connectivity index (χ4v) is 1.75. The van der Waals surface area contributed by atoms with Crippen LogP contribution in [0.3, 0.4) is 0 Å². The third kappa shape index (κ3) is 10.9. The van der Waals surface area contributed by atoms with Crippen molar-refractivity contribution in [3.63, 3.8) is 0 Å². The van der Waals surface area contributed by atoms with Crippen LogP contribution in [0.1, 0.15) is 12.0 Å². The van der Waals surface area contributed by atoms with Gasteiger partial charge in [0.1, 0.15) is 0 Å². The molecule has 0 radical (unpaired) electrons. The van der Waals surface area contributed by atoms with Crippen LogP contribution in [0.25, 0.3) is 0 Å². The van der Waals surface area contributed by atoms with Crippen molar-refractivity contribution in [2.24, 2.45) is 0 Å². The Labute approximate surface area is 131 Å². The summed E-state index contributed by atoms with van der Waals surface area (Å²) >= 11 is 1.25. The first-order valence-electron chi connectivity index (χ1n) is 4.38. The molecule has 1 aliphatic carbocycles. The molecule has 89 valence electrons. The average molecular weight is 445 g/mol. The second-order valence-corrected chi connectivity index (χ2v) is 5.29. The van der Waals surface area contributed by atoms with E-state index in [-0.39, 0.29) is 37.2 Å². The number of allylic oxidation sites excluding steroid dienone is 4. The Hall–Kier alpha value is 0.440. The second-order valence-electron chi connectivity index (χ2n) is 2.98. The van der Waals surface area contributed by atoms with Gasteiger partial charge in [0.25, 0.3) is 0 Å². The quantitative estimate of drug-likeness (QED) is 0.511. The summed E-state index contributed by atoms with van der Waals surface area (Å²) in [4.78, 5) is 0. The van der Waals surface area contributed by atoms with Crippen LogP contribution in [0.4, 0.5) is 0 Å². The maximum atomic E-state index is 2.20. The molecule has 0 nitrogen and oxygen atoms in total. The first kappa shape index (κ1) is 21.7. The number of halogens is 3. The van der Waals surface area contributed by atoms with Crippen LogP contribution in [0.15, 0.2) is 51.9 Å². The van der Waals surface area contributed by atoms with Gasteiger partial charge in [0.05, 0.1) is 0 Å². The molecule has 0 fully saturated rings. The van der Waals surface area contributed by atoms with Gasteiger partial charge in [0.15, 0.2) is 0 Å². The summed E-state index contributed by atoms with van der Waals surface area (Å²) < 4.78 is 1.61. The molecule has 0 heterocycles. The Balaban J connectivity index is -0.000000179. The van der Waals surface area contributed by atoms with Gasteiger partial charge >= 0.3 is 52.4 Å². The van der Waals surface area contributed by atoms with Crippen LogP contribution in [0, 0.1) is 6.92 Å². The molecule has 2 rings (SSSR count). The molecule has 0 saturated heterocycles. The summed E-state index contributed by atoms with van der Waals surface area (Å²) in [6.45, 7) is 2.08. The topological polar surface area (TPSA) is 0 Å². The Kier molecular flexibility index (Phi) is 18.3. The van der Waals surface area contributed by atoms with Crippen molar-refractivity contribution in [1.82, 2.24) is 0 Å². The number of aryl methyl sites for hydroxylation is 1. The third-order valence-electron chi connectivity index (χ3n) is 1.71. The maximum absolute atomic E-state index is 2.20. The van der Waals surface area contributed by atoms with Crippen LogP contribution in [-0.2, 0) is 24.4 Å². The van der Waals surface area contributed by atoms with E-state index < -0.39 is 0 Å². The van der Waals surface area contributed by atoms with Crippen LogP contribution >= 0.6 is 37.2 Å². The van der Waals surface area contributed by atoms with Crippen LogP contribution in [0.5, 0.6) is 0 Å². The van der Waals surface area contributed by atoms with E-state index in [4.69, 9.17) is 0 Å². The fourth-order valence-electron chi connectivity index (χ4n) is 0.982. The van der Waals surface area contributed by atoms with Crippen molar-refractivity contribution in [3.05, 3.63) is 57.5 Å². The zero-order valence-electron chi connectivity index (χ0n) is 9.05. The molecule has 16 heavy (non-hydrogen) atoms. The Morgan fingerprint density at radius 1 is 1.00 bits per heavy atom. The summed E-state index contributed by atoms with van der Waals surface area (Å²) in [5, 5.41) is 0. The number of hydrogen-bond acceptors (Lipinski definition) is 0. The summed E-state index contributed by atoms with van der Waals surface area (Å²) in [5.74, 6) is 0.